The van der Waals surface area contributed by atoms with E-state index in [1.54, 1.807) is 19.1 Å². The van der Waals surface area contributed by atoms with Gasteiger partial charge in [0.15, 0.2) is 0 Å². The first-order valence-corrected chi connectivity index (χ1v) is 3.32. The first kappa shape index (κ1) is 11.2. The molecule has 1 aromatic rings. The zero-order valence-corrected chi connectivity index (χ0v) is 9.75. The minimum absolute atomic E-state index is 0. The minimum Gasteiger partial charge on any atom is -0.184 e. The molecule has 2 nitrogen and oxygen atoms in total. The van der Waals surface area contributed by atoms with Gasteiger partial charge in [0.25, 0.3) is 0 Å². The van der Waals surface area contributed by atoms with Crippen molar-refractivity contribution in [2.45, 2.75) is 6.92 Å². The predicted molar refractivity (Wildman–Crippen MR) is 44.6 cm³/mol. The Morgan fingerprint density at radius 2 is 2.00 bits per heavy atom. The molecule has 1 aromatic carbocycles. The van der Waals surface area contributed by atoms with Gasteiger partial charge < -0.3 is 0 Å². The summed E-state index contributed by atoms with van der Waals surface area (Å²) in [6.45, 7) is 5.41. The van der Waals surface area contributed by atoms with Crippen LogP contribution in [0.1, 0.15) is 6.92 Å². The largest absolute Gasteiger partial charge is 0.184 e. The summed E-state index contributed by atoms with van der Waals surface area (Å²) in [6, 6.07) is 10.2. The summed E-state index contributed by atoms with van der Waals surface area (Å²) in [5, 5.41) is 7.72. The maximum atomic E-state index is 3.91. The average molecular weight is 329 g/mol. The van der Waals surface area contributed by atoms with E-state index in [1.807, 2.05) is 12.1 Å². The number of rotatable bonds is 2. The number of hydrogen-bond donors (Lipinski definition) is 0. The van der Waals surface area contributed by atoms with Gasteiger partial charge in [-0.2, -0.15) is 28.4 Å². The predicted octanol–water partition coefficient (Wildman–Crippen LogP) is 3.10. The summed E-state index contributed by atoms with van der Waals surface area (Å²) in [6.07, 6.45) is 0. The number of allylic oxidation sites excluding steroid dienone is 1. The Balaban J connectivity index is 0.00000121. The van der Waals surface area contributed by atoms with Crippen molar-refractivity contribution in [3.05, 3.63) is 42.6 Å². The van der Waals surface area contributed by atoms with E-state index in [0.29, 0.717) is 5.70 Å². The van der Waals surface area contributed by atoms with Crippen molar-refractivity contribution in [1.29, 1.82) is 0 Å². The Kier molecular flexibility index (Phi) is 5.48. The van der Waals surface area contributed by atoms with Gasteiger partial charge in [-0.05, 0) is 12.6 Å². The van der Waals surface area contributed by atoms with Gasteiger partial charge in [0.05, 0.1) is 5.70 Å². The molecule has 0 unspecified atom stereocenters. The van der Waals surface area contributed by atoms with Crippen LogP contribution in [0.15, 0.2) is 46.8 Å². The van der Waals surface area contributed by atoms with Crippen LogP contribution in [0, 0.1) is 6.07 Å². The van der Waals surface area contributed by atoms with Crippen molar-refractivity contribution in [3.63, 3.8) is 0 Å². The van der Waals surface area contributed by atoms with Gasteiger partial charge in [-0.1, -0.05) is 6.58 Å². The average Bonchev–Trinajstić information content (AvgIpc) is 2.03. The van der Waals surface area contributed by atoms with Crippen molar-refractivity contribution >= 4 is 5.69 Å². The van der Waals surface area contributed by atoms with Crippen molar-refractivity contribution in [3.8, 4) is 0 Å². The molecule has 0 aromatic heterocycles. The molecule has 0 N–H and O–H groups in total. The van der Waals surface area contributed by atoms with Gasteiger partial charge in [0, 0.05) is 21.1 Å². The first-order chi connectivity index (χ1) is 5.29. The van der Waals surface area contributed by atoms with Crippen LogP contribution in [0.3, 0.4) is 0 Å². The quantitative estimate of drug-likeness (QED) is 0.588. The second kappa shape index (κ2) is 5.84. The summed E-state index contributed by atoms with van der Waals surface area (Å²) < 4.78 is 0. The Bertz CT molecular complexity index is 267. The first-order valence-electron chi connectivity index (χ1n) is 3.32. The molecule has 0 spiro atoms. The third-order valence-electron chi connectivity index (χ3n) is 1.04. The fourth-order valence-electron chi connectivity index (χ4n) is 0.588. The summed E-state index contributed by atoms with van der Waals surface area (Å²) in [5.41, 5.74) is 1.53. The van der Waals surface area contributed by atoms with E-state index in [2.05, 4.69) is 22.9 Å². The molecular weight excluding hydrogens is 320 g/mol. The number of benzene rings is 1. The second-order valence-corrected chi connectivity index (χ2v) is 2.19. The Morgan fingerprint density at radius 1 is 1.42 bits per heavy atom. The third kappa shape index (κ3) is 4.19. The molecule has 0 saturated heterocycles. The molecule has 0 aliphatic rings. The fourth-order valence-corrected chi connectivity index (χ4v) is 0.588. The number of azo groups is 1. The molecule has 1 rings (SSSR count). The van der Waals surface area contributed by atoms with Gasteiger partial charge in [-0.25, -0.2) is 0 Å². The molecule has 62 valence electrons. The van der Waals surface area contributed by atoms with E-state index in [-0.39, 0.29) is 21.1 Å². The van der Waals surface area contributed by atoms with Crippen LogP contribution in [0.5, 0.6) is 0 Å². The normalized spacial score (nSPS) is 9.42. The second-order valence-electron chi connectivity index (χ2n) is 2.19. The van der Waals surface area contributed by atoms with Gasteiger partial charge in [-0.15, -0.1) is 12.1 Å². The summed E-state index contributed by atoms with van der Waals surface area (Å²) in [5.74, 6) is 0. The molecular formula is C9H9N2W-. The zero-order valence-electron chi connectivity index (χ0n) is 6.82. The SMILES string of the molecule is C=C(C)N=Nc1cc[c-]cc1.[W]. The monoisotopic (exact) mass is 329 g/mol. The van der Waals surface area contributed by atoms with E-state index in [9.17, 15) is 0 Å². The van der Waals surface area contributed by atoms with Crippen molar-refractivity contribution < 1.29 is 21.1 Å². The van der Waals surface area contributed by atoms with E-state index in [4.69, 9.17) is 0 Å². The maximum absolute atomic E-state index is 3.91. The van der Waals surface area contributed by atoms with E-state index in [1.165, 1.54) is 0 Å². The van der Waals surface area contributed by atoms with Gasteiger partial charge in [-0.3, -0.25) is 0 Å². The van der Waals surface area contributed by atoms with Crippen LogP contribution < -0.4 is 0 Å². The van der Waals surface area contributed by atoms with Crippen molar-refractivity contribution in [2.75, 3.05) is 0 Å². The third-order valence-corrected chi connectivity index (χ3v) is 1.04. The van der Waals surface area contributed by atoms with E-state index >= 15 is 0 Å². The molecule has 0 atom stereocenters. The van der Waals surface area contributed by atoms with E-state index < -0.39 is 0 Å². The summed E-state index contributed by atoms with van der Waals surface area (Å²) in [7, 11) is 0. The molecule has 12 heavy (non-hydrogen) atoms. The van der Waals surface area contributed by atoms with Crippen LogP contribution in [0.25, 0.3) is 0 Å². The summed E-state index contributed by atoms with van der Waals surface area (Å²) in [4.78, 5) is 0. The molecule has 0 fully saturated rings. The Labute approximate surface area is 86.7 Å². The topological polar surface area (TPSA) is 24.7 Å². The molecule has 0 radical (unpaired) electrons. The molecule has 0 aliphatic carbocycles. The number of nitrogens with zero attached hydrogens (tertiary/aromatic N) is 2. The molecule has 0 saturated carbocycles. The van der Waals surface area contributed by atoms with Gasteiger partial charge in [0.2, 0.25) is 0 Å². The van der Waals surface area contributed by atoms with Crippen LogP contribution >= 0.6 is 0 Å². The molecule has 0 amide bonds. The summed E-state index contributed by atoms with van der Waals surface area (Å²) >= 11 is 0. The van der Waals surface area contributed by atoms with Crippen LogP contribution in [0.4, 0.5) is 5.69 Å². The van der Waals surface area contributed by atoms with Crippen LogP contribution in [0.2, 0.25) is 0 Å². The van der Waals surface area contributed by atoms with E-state index in [0.717, 1.165) is 5.69 Å². The Morgan fingerprint density at radius 3 is 2.50 bits per heavy atom. The number of hydrogen-bond acceptors (Lipinski definition) is 2. The zero-order chi connectivity index (χ0) is 8.10. The molecule has 0 bridgehead atoms. The smallest absolute Gasteiger partial charge is 0.0527 e. The van der Waals surface area contributed by atoms with Gasteiger partial charge in [0.1, 0.15) is 0 Å². The molecule has 0 aliphatic heterocycles. The Hall–Kier alpha value is -0.752. The van der Waals surface area contributed by atoms with Gasteiger partial charge >= 0.3 is 0 Å². The standard InChI is InChI=1S/C9H9N2.W/c1-8(2)10-11-9-6-4-3-5-7-9;/h4-7H,1H2,2H3;/q-1;. The molecule has 0 heterocycles. The minimum atomic E-state index is 0. The fraction of sp³-hybridized carbons (Fsp3) is 0.111. The maximum Gasteiger partial charge on any atom is 0.0527 e. The van der Waals surface area contributed by atoms with Crippen molar-refractivity contribution in [2.24, 2.45) is 10.2 Å². The van der Waals surface area contributed by atoms with Crippen LogP contribution in [-0.4, -0.2) is 0 Å². The van der Waals surface area contributed by atoms with Crippen molar-refractivity contribution in [1.82, 2.24) is 0 Å². The van der Waals surface area contributed by atoms with Crippen LogP contribution in [-0.2, 0) is 21.1 Å². The molecule has 3 heteroatoms.